The third-order valence-corrected chi connectivity index (χ3v) is 2.93. The van der Waals surface area contributed by atoms with Crippen molar-refractivity contribution in [3.63, 3.8) is 0 Å². The molecule has 14 heavy (non-hydrogen) atoms. The van der Waals surface area contributed by atoms with E-state index in [1.807, 2.05) is 18.2 Å². The summed E-state index contributed by atoms with van der Waals surface area (Å²) in [5.74, 6) is 0. The predicted octanol–water partition coefficient (Wildman–Crippen LogP) is 2.89. The molecule has 0 bridgehead atoms. The Bertz CT molecular complexity index is 489. The van der Waals surface area contributed by atoms with Crippen LogP contribution >= 0.6 is 11.6 Å². The SMILES string of the molecule is Clc1ccc2[nH]c3c(c2c1)COCC3. The number of hydrogen-bond acceptors (Lipinski definition) is 1. The number of halogens is 1. The van der Waals surface area contributed by atoms with E-state index in [4.69, 9.17) is 16.3 Å². The molecule has 3 rings (SSSR count). The Morgan fingerprint density at radius 2 is 2.29 bits per heavy atom. The maximum Gasteiger partial charge on any atom is 0.0740 e. The normalized spacial score (nSPS) is 15.8. The number of rotatable bonds is 0. The fourth-order valence-electron chi connectivity index (χ4n) is 2.00. The highest BCUT2D eigenvalue weighted by molar-refractivity contribution is 6.31. The third kappa shape index (κ3) is 1.15. The number of ether oxygens (including phenoxy) is 1. The van der Waals surface area contributed by atoms with Crippen molar-refractivity contribution in [3.8, 4) is 0 Å². The van der Waals surface area contributed by atoms with Gasteiger partial charge in [0.2, 0.25) is 0 Å². The van der Waals surface area contributed by atoms with Crippen molar-refractivity contribution in [1.29, 1.82) is 0 Å². The maximum atomic E-state index is 5.96. The molecule has 1 aromatic heterocycles. The zero-order valence-electron chi connectivity index (χ0n) is 7.64. The molecule has 0 spiro atoms. The number of aromatic nitrogens is 1. The minimum atomic E-state index is 0.704. The molecule has 3 heteroatoms. The van der Waals surface area contributed by atoms with Gasteiger partial charge in [-0.3, -0.25) is 0 Å². The summed E-state index contributed by atoms with van der Waals surface area (Å²) in [6.45, 7) is 1.52. The first-order valence-electron chi connectivity index (χ1n) is 4.71. The van der Waals surface area contributed by atoms with Crippen LogP contribution < -0.4 is 0 Å². The van der Waals surface area contributed by atoms with Gasteiger partial charge in [0.05, 0.1) is 13.2 Å². The van der Waals surface area contributed by atoms with Crippen LogP contribution in [0.3, 0.4) is 0 Å². The molecule has 0 aliphatic carbocycles. The number of aromatic amines is 1. The molecule has 1 N–H and O–H groups in total. The third-order valence-electron chi connectivity index (χ3n) is 2.70. The average molecular weight is 208 g/mol. The van der Waals surface area contributed by atoms with Gasteiger partial charge in [-0.05, 0) is 18.2 Å². The highest BCUT2D eigenvalue weighted by Gasteiger charge is 2.15. The Morgan fingerprint density at radius 1 is 1.36 bits per heavy atom. The molecule has 0 amide bonds. The summed E-state index contributed by atoms with van der Waals surface area (Å²) >= 11 is 5.96. The van der Waals surface area contributed by atoms with Gasteiger partial charge in [-0.15, -0.1) is 0 Å². The number of H-pyrrole nitrogens is 1. The highest BCUT2D eigenvalue weighted by Crippen LogP contribution is 2.28. The molecule has 2 aromatic rings. The van der Waals surface area contributed by atoms with Crippen molar-refractivity contribution in [2.45, 2.75) is 13.0 Å². The van der Waals surface area contributed by atoms with E-state index in [0.29, 0.717) is 6.61 Å². The van der Waals surface area contributed by atoms with Gasteiger partial charge in [0.15, 0.2) is 0 Å². The van der Waals surface area contributed by atoms with Crippen LogP contribution in [0, 0.1) is 0 Å². The van der Waals surface area contributed by atoms with E-state index >= 15 is 0 Å². The van der Waals surface area contributed by atoms with Crippen LogP contribution in [-0.4, -0.2) is 11.6 Å². The topological polar surface area (TPSA) is 25.0 Å². The molecule has 0 radical (unpaired) electrons. The largest absolute Gasteiger partial charge is 0.376 e. The number of benzene rings is 1. The van der Waals surface area contributed by atoms with Crippen molar-refractivity contribution in [2.24, 2.45) is 0 Å². The van der Waals surface area contributed by atoms with Gasteiger partial charge in [0, 0.05) is 33.6 Å². The van der Waals surface area contributed by atoms with Gasteiger partial charge < -0.3 is 9.72 Å². The summed E-state index contributed by atoms with van der Waals surface area (Å²) in [5, 5.41) is 1.98. The van der Waals surface area contributed by atoms with Crippen LogP contribution in [0.4, 0.5) is 0 Å². The lowest BCUT2D eigenvalue weighted by molar-refractivity contribution is 0.111. The van der Waals surface area contributed by atoms with E-state index in [1.54, 1.807) is 0 Å². The van der Waals surface area contributed by atoms with Crippen LogP contribution in [0.5, 0.6) is 0 Å². The zero-order valence-corrected chi connectivity index (χ0v) is 8.40. The van der Waals surface area contributed by atoms with Gasteiger partial charge in [0.25, 0.3) is 0 Å². The summed E-state index contributed by atoms with van der Waals surface area (Å²) < 4.78 is 5.44. The smallest absolute Gasteiger partial charge is 0.0740 e. The second-order valence-corrected chi connectivity index (χ2v) is 4.01. The van der Waals surface area contributed by atoms with E-state index in [0.717, 1.165) is 23.6 Å². The lowest BCUT2D eigenvalue weighted by atomic mass is 10.1. The van der Waals surface area contributed by atoms with Crippen LogP contribution in [0.25, 0.3) is 10.9 Å². The second kappa shape index (κ2) is 3.01. The van der Waals surface area contributed by atoms with Crippen molar-refractivity contribution < 1.29 is 4.74 Å². The quantitative estimate of drug-likeness (QED) is 0.706. The molecule has 2 nitrogen and oxygen atoms in total. The lowest BCUT2D eigenvalue weighted by Gasteiger charge is -2.11. The maximum absolute atomic E-state index is 5.96. The molecular formula is C11H10ClNO. The fourth-order valence-corrected chi connectivity index (χ4v) is 2.17. The molecule has 1 aromatic carbocycles. The van der Waals surface area contributed by atoms with Crippen molar-refractivity contribution in [1.82, 2.24) is 4.98 Å². The molecule has 0 saturated carbocycles. The molecular weight excluding hydrogens is 198 g/mol. The summed E-state index contributed by atoms with van der Waals surface area (Å²) in [7, 11) is 0. The van der Waals surface area contributed by atoms with Gasteiger partial charge in [-0.2, -0.15) is 0 Å². The molecule has 0 saturated heterocycles. The van der Waals surface area contributed by atoms with Crippen molar-refractivity contribution in [2.75, 3.05) is 6.61 Å². The Morgan fingerprint density at radius 3 is 3.21 bits per heavy atom. The molecule has 72 valence electrons. The molecule has 2 heterocycles. The van der Waals surface area contributed by atoms with Crippen LogP contribution in [0.2, 0.25) is 5.02 Å². The van der Waals surface area contributed by atoms with Crippen LogP contribution in [0.15, 0.2) is 18.2 Å². The van der Waals surface area contributed by atoms with Crippen LogP contribution in [0.1, 0.15) is 11.3 Å². The first-order chi connectivity index (χ1) is 6.84. The number of fused-ring (bicyclic) bond motifs is 3. The molecule has 0 unspecified atom stereocenters. The number of hydrogen-bond donors (Lipinski definition) is 1. The fraction of sp³-hybridized carbons (Fsp3) is 0.273. The molecule has 0 atom stereocenters. The van der Waals surface area contributed by atoms with Crippen LogP contribution in [-0.2, 0) is 17.8 Å². The minimum Gasteiger partial charge on any atom is -0.376 e. The van der Waals surface area contributed by atoms with E-state index in [-0.39, 0.29) is 0 Å². The molecule has 0 fully saturated rings. The number of nitrogens with one attached hydrogen (secondary N) is 1. The summed E-state index contributed by atoms with van der Waals surface area (Å²) in [4.78, 5) is 3.40. The summed E-state index contributed by atoms with van der Waals surface area (Å²) in [6, 6.07) is 5.93. The highest BCUT2D eigenvalue weighted by atomic mass is 35.5. The van der Waals surface area contributed by atoms with Gasteiger partial charge in [-0.1, -0.05) is 11.6 Å². The van der Waals surface area contributed by atoms with Crippen molar-refractivity contribution in [3.05, 3.63) is 34.5 Å². The Balaban J connectivity index is 2.32. The average Bonchev–Trinajstić information content (AvgIpc) is 2.56. The second-order valence-electron chi connectivity index (χ2n) is 3.57. The standard InChI is InChI=1S/C11H10ClNO/c12-7-1-2-10-8(5-7)9-6-14-4-3-11(9)13-10/h1-2,5,13H,3-4,6H2. The Kier molecular flexibility index (Phi) is 1.79. The van der Waals surface area contributed by atoms with Gasteiger partial charge >= 0.3 is 0 Å². The Hall–Kier alpha value is -0.990. The summed E-state index contributed by atoms with van der Waals surface area (Å²) in [6.07, 6.45) is 0.974. The monoisotopic (exact) mass is 207 g/mol. The Labute approximate surface area is 86.8 Å². The first-order valence-corrected chi connectivity index (χ1v) is 5.09. The zero-order chi connectivity index (χ0) is 9.54. The van der Waals surface area contributed by atoms with E-state index in [1.165, 1.54) is 16.6 Å². The van der Waals surface area contributed by atoms with Gasteiger partial charge in [0.1, 0.15) is 0 Å². The molecule has 1 aliphatic rings. The van der Waals surface area contributed by atoms with Crippen molar-refractivity contribution >= 4 is 22.5 Å². The predicted molar refractivity (Wildman–Crippen MR) is 56.7 cm³/mol. The molecule has 1 aliphatic heterocycles. The van der Waals surface area contributed by atoms with E-state index in [2.05, 4.69) is 4.98 Å². The van der Waals surface area contributed by atoms with E-state index in [9.17, 15) is 0 Å². The van der Waals surface area contributed by atoms with Gasteiger partial charge in [-0.25, -0.2) is 0 Å². The minimum absolute atomic E-state index is 0.704. The van der Waals surface area contributed by atoms with E-state index < -0.39 is 0 Å². The first kappa shape index (κ1) is 8.33. The summed E-state index contributed by atoms with van der Waals surface area (Å²) in [5.41, 5.74) is 3.73. The lowest BCUT2D eigenvalue weighted by Crippen LogP contribution is -2.08.